The minimum Gasteiger partial charge on any atom is -0.492 e. The van der Waals surface area contributed by atoms with Gasteiger partial charge in [0.15, 0.2) is 0 Å². The van der Waals surface area contributed by atoms with Crippen molar-refractivity contribution in [2.24, 2.45) is 5.92 Å². The number of urea groups is 1. The molecule has 3 fully saturated rings. The minimum atomic E-state index is -4.47. The maximum absolute atomic E-state index is 12.9. The Morgan fingerprint density at radius 1 is 1.19 bits per heavy atom. The fraction of sp³-hybridized carbons (Fsp3) is 0.650. The Morgan fingerprint density at radius 2 is 1.94 bits per heavy atom. The normalized spacial score (nSPS) is 25.1. The molecule has 0 radical (unpaired) electrons. The number of hydrogen-bond donors (Lipinski definition) is 1. The third-order valence-electron chi connectivity index (χ3n) is 5.99. The van der Waals surface area contributed by atoms with Crippen LogP contribution >= 0.6 is 0 Å². The van der Waals surface area contributed by atoms with Crippen LogP contribution in [0.25, 0.3) is 0 Å². The molecule has 3 aliphatic rings. The number of carbonyl (C=O) groups excluding carboxylic acids is 2. The molecule has 1 aromatic heterocycles. The van der Waals surface area contributed by atoms with E-state index in [1.54, 1.807) is 4.90 Å². The van der Waals surface area contributed by atoms with Gasteiger partial charge in [-0.25, -0.2) is 9.78 Å². The maximum atomic E-state index is 12.9. The van der Waals surface area contributed by atoms with E-state index in [1.807, 2.05) is 4.90 Å². The summed E-state index contributed by atoms with van der Waals surface area (Å²) in [5.74, 6) is 0.355. The first-order chi connectivity index (χ1) is 14.8. The molecule has 4 rings (SSSR count). The van der Waals surface area contributed by atoms with Crippen LogP contribution in [0.1, 0.15) is 25.0 Å². The lowest BCUT2D eigenvalue weighted by Crippen LogP contribution is -2.62. The number of nitrogens with zero attached hydrogens (tertiary/aromatic N) is 3. The summed E-state index contributed by atoms with van der Waals surface area (Å²) < 4.78 is 48.8. The van der Waals surface area contributed by atoms with Gasteiger partial charge < -0.3 is 24.6 Å². The predicted octanol–water partition coefficient (Wildman–Crippen LogP) is 1.90. The van der Waals surface area contributed by atoms with Crippen LogP contribution in [0, 0.1) is 5.92 Å². The highest BCUT2D eigenvalue weighted by atomic mass is 19.4. The van der Waals surface area contributed by atoms with Crippen LogP contribution in [0.5, 0.6) is 5.75 Å². The molecule has 1 N–H and O–H groups in total. The van der Waals surface area contributed by atoms with E-state index in [0.717, 1.165) is 25.1 Å². The van der Waals surface area contributed by atoms with Crippen molar-refractivity contribution in [3.05, 3.63) is 24.0 Å². The molecule has 0 aromatic carbocycles. The zero-order chi connectivity index (χ0) is 22.0. The Hall–Kier alpha value is -2.56. The second kappa shape index (κ2) is 8.89. The van der Waals surface area contributed by atoms with Crippen molar-refractivity contribution < 1.29 is 32.2 Å². The Morgan fingerprint density at radius 3 is 2.61 bits per heavy atom. The van der Waals surface area contributed by atoms with Crippen molar-refractivity contribution in [1.82, 2.24) is 20.1 Å². The van der Waals surface area contributed by atoms with E-state index in [9.17, 15) is 22.8 Å². The number of alkyl halides is 3. The molecule has 8 nitrogen and oxygen atoms in total. The molecule has 4 heterocycles. The van der Waals surface area contributed by atoms with Gasteiger partial charge in [0.1, 0.15) is 18.1 Å². The molecule has 3 aliphatic heterocycles. The van der Waals surface area contributed by atoms with E-state index >= 15 is 0 Å². The summed E-state index contributed by atoms with van der Waals surface area (Å²) in [6.07, 6.45) is -1.23. The van der Waals surface area contributed by atoms with Gasteiger partial charge in [-0.15, -0.1) is 0 Å². The molecule has 31 heavy (non-hydrogen) atoms. The summed E-state index contributed by atoms with van der Waals surface area (Å²) >= 11 is 0. The number of fused-ring (bicyclic) bond motifs is 1. The average Bonchev–Trinajstić information content (AvgIpc) is 2.76. The first-order valence-electron chi connectivity index (χ1n) is 10.4. The van der Waals surface area contributed by atoms with Gasteiger partial charge >= 0.3 is 12.2 Å². The fourth-order valence-electron chi connectivity index (χ4n) is 4.21. The quantitative estimate of drug-likeness (QED) is 0.773. The van der Waals surface area contributed by atoms with Gasteiger partial charge in [0.25, 0.3) is 0 Å². The number of halogens is 3. The number of hydrogen-bond acceptors (Lipinski definition) is 5. The lowest BCUT2D eigenvalue weighted by Gasteiger charge is -2.43. The van der Waals surface area contributed by atoms with Crippen LogP contribution in [0.2, 0.25) is 0 Å². The van der Waals surface area contributed by atoms with Gasteiger partial charge in [0, 0.05) is 26.2 Å². The Bertz CT molecular complexity index is 797. The molecule has 0 unspecified atom stereocenters. The second-order valence-electron chi connectivity index (χ2n) is 8.16. The van der Waals surface area contributed by atoms with E-state index < -0.39 is 11.9 Å². The number of ether oxygens (including phenoxy) is 2. The van der Waals surface area contributed by atoms with Crippen LogP contribution in [-0.2, 0) is 15.7 Å². The molecule has 0 spiro atoms. The van der Waals surface area contributed by atoms with Gasteiger partial charge in [0.05, 0.1) is 24.9 Å². The molecule has 2 atom stereocenters. The highest BCUT2D eigenvalue weighted by Crippen LogP contribution is 2.28. The van der Waals surface area contributed by atoms with Crippen molar-refractivity contribution >= 4 is 11.9 Å². The first-order valence-corrected chi connectivity index (χ1v) is 10.4. The molecule has 0 bridgehead atoms. The van der Waals surface area contributed by atoms with Crippen LogP contribution in [0.15, 0.2) is 18.3 Å². The van der Waals surface area contributed by atoms with Crippen LogP contribution in [-0.4, -0.2) is 78.3 Å². The zero-order valence-electron chi connectivity index (χ0n) is 16.9. The minimum absolute atomic E-state index is 0.0374. The van der Waals surface area contributed by atoms with Crippen LogP contribution in [0.3, 0.4) is 0 Å². The number of likely N-dealkylation sites (tertiary alicyclic amines) is 2. The van der Waals surface area contributed by atoms with Crippen molar-refractivity contribution in [2.45, 2.75) is 37.6 Å². The van der Waals surface area contributed by atoms with Gasteiger partial charge in [-0.3, -0.25) is 4.79 Å². The summed E-state index contributed by atoms with van der Waals surface area (Å²) in [5.41, 5.74) is -0.949. The predicted molar refractivity (Wildman–Crippen MR) is 102 cm³/mol. The number of morpholine rings is 1. The van der Waals surface area contributed by atoms with E-state index in [4.69, 9.17) is 9.47 Å². The number of rotatable bonds is 3. The number of amides is 3. The summed E-state index contributed by atoms with van der Waals surface area (Å²) in [4.78, 5) is 31.4. The van der Waals surface area contributed by atoms with E-state index in [-0.39, 0.29) is 36.6 Å². The van der Waals surface area contributed by atoms with Crippen molar-refractivity contribution in [1.29, 1.82) is 0 Å². The number of piperidine rings is 2. The molecule has 11 heteroatoms. The zero-order valence-corrected chi connectivity index (χ0v) is 16.9. The molecule has 0 aliphatic carbocycles. The number of nitrogens with one attached hydrogen (secondary N) is 1. The third-order valence-corrected chi connectivity index (χ3v) is 5.99. The standard InChI is InChI=1S/C20H25F3N4O4/c21-20(22,23)17-2-1-14(9-24-17)30-11-13-3-6-26(7-4-13)19(29)27-8-5-16-15(10-27)25-18(28)12-31-16/h1-2,9,13,15-16H,3-8,10-12H2,(H,25,28)/t15-,16+/m0/s1. The highest BCUT2D eigenvalue weighted by Gasteiger charge is 2.38. The summed E-state index contributed by atoms with van der Waals surface area (Å²) in [5, 5.41) is 2.90. The number of pyridine rings is 1. The average molecular weight is 442 g/mol. The second-order valence-corrected chi connectivity index (χ2v) is 8.16. The molecule has 1 aromatic rings. The van der Waals surface area contributed by atoms with Gasteiger partial charge in [-0.05, 0) is 37.3 Å². The molecule has 170 valence electrons. The molecular weight excluding hydrogens is 417 g/mol. The summed E-state index contributed by atoms with van der Waals surface area (Å²) in [6.45, 7) is 2.66. The van der Waals surface area contributed by atoms with Crippen molar-refractivity contribution in [3.8, 4) is 5.75 Å². The van der Waals surface area contributed by atoms with Crippen LogP contribution in [0.4, 0.5) is 18.0 Å². The Labute approximate surface area is 177 Å². The SMILES string of the molecule is O=C1CO[C@@H]2CCN(C(=O)N3CCC(COc4ccc(C(F)(F)F)nc4)CC3)C[C@@H]2N1. The molecule has 3 amide bonds. The lowest BCUT2D eigenvalue weighted by molar-refractivity contribution is -0.141. The van der Waals surface area contributed by atoms with E-state index in [1.165, 1.54) is 6.07 Å². The lowest BCUT2D eigenvalue weighted by atomic mass is 9.97. The fourth-order valence-corrected chi connectivity index (χ4v) is 4.21. The highest BCUT2D eigenvalue weighted by molar-refractivity contribution is 5.79. The largest absolute Gasteiger partial charge is 0.492 e. The Kier molecular flexibility index (Phi) is 6.22. The molecule has 3 saturated heterocycles. The van der Waals surface area contributed by atoms with Gasteiger partial charge in [-0.1, -0.05) is 0 Å². The van der Waals surface area contributed by atoms with Crippen molar-refractivity contribution in [3.63, 3.8) is 0 Å². The first kappa shape index (κ1) is 21.7. The van der Waals surface area contributed by atoms with Crippen molar-refractivity contribution in [2.75, 3.05) is 39.4 Å². The van der Waals surface area contributed by atoms with Gasteiger partial charge in [0.2, 0.25) is 5.91 Å². The van der Waals surface area contributed by atoms with E-state index in [0.29, 0.717) is 45.0 Å². The van der Waals surface area contributed by atoms with E-state index in [2.05, 4.69) is 10.3 Å². The number of aromatic nitrogens is 1. The monoisotopic (exact) mass is 442 g/mol. The van der Waals surface area contributed by atoms with Gasteiger partial charge in [-0.2, -0.15) is 13.2 Å². The Balaban J connectivity index is 1.21. The summed E-state index contributed by atoms with van der Waals surface area (Å²) in [7, 11) is 0. The third kappa shape index (κ3) is 5.20. The summed E-state index contributed by atoms with van der Waals surface area (Å²) in [6, 6.07) is 1.97. The molecule has 0 saturated carbocycles. The smallest absolute Gasteiger partial charge is 0.433 e. The number of carbonyl (C=O) groups is 2. The van der Waals surface area contributed by atoms with Crippen LogP contribution < -0.4 is 10.1 Å². The topological polar surface area (TPSA) is 84.0 Å². The molecular formula is C20H25F3N4O4. The maximum Gasteiger partial charge on any atom is 0.433 e.